The number of carbonyl (C=O) groups is 1. The molecule has 5 nitrogen and oxygen atoms in total. The molecule has 2 aromatic carbocycles. The fourth-order valence-electron chi connectivity index (χ4n) is 2.39. The second kappa shape index (κ2) is 8.60. The quantitative estimate of drug-likeness (QED) is 0.622. The van der Waals surface area contributed by atoms with Crippen LogP contribution >= 0.6 is 11.3 Å². The molecule has 1 heterocycles. The average molecular weight is 356 g/mol. The first-order valence-electron chi connectivity index (χ1n) is 8.17. The van der Waals surface area contributed by atoms with Crippen molar-refractivity contribution < 1.29 is 14.3 Å². The molecule has 0 saturated carbocycles. The number of aromatic nitrogens is 1. The molecule has 1 aromatic heterocycles. The first-order valence-corrected chi connectivity index (χ1v) is 9.05. The lowest BCUT2D eigenvalue weighted by Gasteiger charge is -2.08. The molecule has 0 aliphatic heterocycles. The molecule has 0 saturated heterocycles. The highest BCUT2D eigenvalue weighted by Gasteiger charge is 2.06. The lowest BCUT2D eigenvalue weighted by Crippen LogP contribution is -2.14. The first kappa shape index (κ1) is 17.4. The Morgan fingerprint density at radius 1 is 1.16 bits per heavy atom. The minimum Gasteiger partial charge on any atom is -0.491 e. The Morgan fingerprint density at radius 2 is 2.00 bits per heavy atom. The van der Waals surface area contributed by atoms with Crippen LogP contribution in [0.4, 0.5) is 5.69 Å². The summed E-state index contributed by atoms with van der Waals surface area (Å²) in [5.74, 6) is 0.730. The van der Waals surface area contributed by atoms with Gasteiger partial charge in [-0.3, -0.25) is 4.79 Å². The van der Waals surface area contributed by atoms with E-state index in [4.69, 9.17) is 9.47 Å². The molecule has 3 aromatic rings. The lowest BCUT2D eigenvalue weighted by molar-refractivity contribution is -0.115. The zero-order chi connectivity index (χ0) is 17.5. The molecule has 0 fully saturated rings. The fraction of sp³-hybridized carbons (Fsp3) is 0.263. The maximum absolute atomic E-state index is 12.2. The van der Waals surface area contributed by atoms with Gasteiger partial charge in [-0.2, -0.15) is 0 Å². The molecule has 1 N–H and O–H groups in total. The number of nitrogens with zero attached hydrogens (tertiary/aromatic N) is 1. The third-order valence-corrected chi connectivity index (χ3v) is 4.40. The van der Waals surface area contributed by atoms with Gasteiger partial charge in [-0.1, -0.05) is 12.1 Å². The van der Waals surface area contributed by atoms with Gasteiger partial charge in [0.2, 0.25) is 5.91 Å². The van der Waals surface area contributed by atoms with Crippen LogP contribution in [0.1, 0.15) is 12.5 Å². The molecule has 0 spiro atoms. The van der Waals surface area contributed by atoms with Crippen molar-refractivity contribution in [3.05, 3.63) is 53.5 Å². The average Bonchev–Trinajstić information content (AvgIpc) is 3.08. The summed E-state index contributed by atoms with van der Waals surface area (Å²) >= 11 is 1.56. The van der Waals surface area contributed by atoms with Crippen molar-refractivity contribution in [2.24, 2.45) is 0 Å². The normalized spacial score (nSPS) is 10.8. The summed E-state index contributed by atoms with van der Waals surface area (Å²) in [4.78, 5) is 16.4. The highest BCUT2D eigenvalue weighted by atomic mass is 32.1. The van der Waals surface area contributed by atoms with Gasteiger partial charge in [-0.05, 0) is 42.8 Å². The maximum Gasteiger partial charge on any atom is 0.228 e. The van der Waals surface area contributed by atoms with Gasteiger partial charge in [0, 0.05) is 12.3 Å². The molecule has 0 bridgehead atoms. The Hall–Kier alpha value is -2.44. The SMILES string of the molecule is CCOCCOc1ccc(CC(=O)Nc2ccc3ncsc3c2)cc1. The minimum absolute atomic E-state index is 0.0473. The number of carbonyl (C=O) groups excluding carboxylic acids is 1. The van der Waals surface area contributed by atoms with E-state index >= 15 is 0 Å². The van der Waals surface area contributed by atoms with E-state index in [0.717, 1.165) is 27.2 Å². The summed E-state index contributed by atoms with van der Waals surface area (Å²) in [6.07, 6.45) is 0.319. The predicted molar refractivity (Wildman–Crippen MR) is 100 cm³/mol. The van der Waals surface area contributed by atoms with Crippen molar-refractivity contribution in [1.82, 2.24) is 4.98 Å². The highest BCUT2D eigenvalue weighted by molar-refractivity contribution is 7.16. The van der Waals surface area contributed by atoms with Crippen LogP contribution in [0.5, 0.6) is 5.75 Å². The Kier molecular flexibility index (Phi) is 5.98. The summed E-state index contributed by atoms with van der Waals surface area (Å²) < 4.78 is 11.9. The summed E-state index contributed by atoms with van der Waals surface area (Å²) in [5, 5.41) is 2.93. The topological polar surface area (TPSA) is 60.5 Å². The number of rotatable bonds is 8. The van der Waals surface area contributed by atoms with Gasteiger partial charge in [0.15, 0.2) is 0 Å². The van der Waals surface area contributed by atoms with Crippen molar-refractivity contribution in [2.45, 2.75) is 13.3 Å². The van der Waals surface area contributed by atoms with Crippen LogP contribution in [0, 0.1) is 0 Å². The number of benzene rings is 2. The van der Waals surface area contributed by atoms with Gasteiger partial charge >= 0.3 is 0 Å². The largest absolute Gasteiger partial charge is 0.491 e. The van der Waals surface area contributed by atoms with E-state index in [2.05, 4.69) is 10.3 Å². The predicted octanol–water partition coefficient (Wildman–Crippen LogP) is 3.89. The van der Waals surface area contributed by atoms with Crippen LogP contribution in [0.25, 0.3) is 10.2 Å². The molecule has 3 rings (SSSR count). The Bertz CT molecular complexity index is 830. The number of nitrogens with one attached hydrogen (secondary N) is 1. The second-order valence-electron chi connectivity index (χ2n) is 5.45. The van der Waals surface area contributed by atoms with Gasteiger partial charge in [0.25, 0.3) is 0 Å². The van der Waals surface area contributed by atoms with Crippen LogP contribution < -0.4 is 10.1 Å². The van der Waals surface area contributed by atoms with Crippen molar-refractivity contribution in [3.63, 3.8) is 0 Å². The summed E-state index contributed by atoms with van der Waals surface area (Å²) in [5.41, 5.74) is 4.47. The van der Waals surface area contributed by atoms with E-state index in [1.165, 1.54) is 0 Å². The minimum atomic E-state index is -0.0473. The van der Waals surface area contributed by atoms with Gasteiger partial charge in [-0.25, -0.2) is 4.98 Å². The van der Waals surface area contributed by atoms with Crippen LogP contribution in [-0.4, -0.2) is 30.7 Å². The van der Waals surface area contributed by atoms with Gasteiger partial charge < -0.3 is 14.8 Å². The number of thiazole rings is 1. The number of ether oxygens (including phenoxy) is 2. The molecule has 0 aliphatic carbocycles. The molecule has 130 valence electrons. The van der Waals surface area contributed by atoms with E-state index in [9.17, 15) is 4.79 Å². The number of fused-ring (bicyclic) bond motifs is 1. The molecule has 0 atom stereocenters. The van der Waals surface area contributed by atoms with Crippen molar-refractivity contribution in [2.75, 3.05) is 25.1 Å². The van der Waals surface area contributed by atoms with Crippen molar-refractivity contribution in [3.8, 4) is 5.75 Å². The zero-order valence-electron chi connectivity index (χ0n) is 14.0. The van der Waals surface area contributed by atoms with Gasteiger partial charge in [0.05, 0.1) is 28.8 Å². The van der Waals surface area contributed by atoms with Crippen molar-refractivity contribution >= 4 is 33.1 Å². The molecule has 0 radical (unpaired) electrons. The number of anilines is 1. The summed E-state index contributed by atoms with van der Waals surface area (Å²) in [7, 11) is 0. The van der Waals surface area contributed by atoms with Gasteiger partial charge in [-0.15, -0.1) is 11.3 Å². The Balaban J connectivity index is 1.51. The zero-order valence-corrected chi connectivity index (χ0v) is 14.8. The number of hydrogen-bond donors (Lipinski definition) is 1. The standard InChI is InChI=1S/C19H20N2O3S/c1-2-23-9-10-24-16-6-3-14(4-7-16)11-19(22)21-15-5-8-17-18(12-15)25-13-20-17/h3-8,12-13H,2,9-11H2,1H3,(H,21,22). The number of amides is 1. The monoisotopic (exact) mass is 356 g/mol. The number of hydrogen-bond acceptors (Lipinski definition) is 5. The van der Waals surface area contributed by atoms with Gasteiger partial charge in [0.1, 0.15) is 12.4 Å². The molecular weight excluding hydrogens is 336 g/mol. The molecular formula is C19H20N2O3S. The first-order chi connectivity index (χ1) is 12.2. The van der Waals surface area contributed by atoms with Crippen LogP contribution in [0.3, 0.4) is 0 Å². The summed E-state index contributed by atoms with van der Waals surface area (Å²) in [6, 6.07) is 13.3. The highest BCUT2D eigenvalue weighted by Crippen LogP contribution is 2.22. The van der Waals surface area contributed by atoms with E-state index in [-0.39, 0.29) is 5.91 Å². The second-order valence-corrected chi connectivity index (χ2v) is 6.34. The molecule has 0 aliphatic rings. The molecule has 6 heteroatoms. The van der Waals surface area contributed by atoms with Crippen LogP contribution in [0.15, 0.2) is 48.0 Å². The summed E-state index contributed by atoms with van der Waals surface area (Å²) in [6.45, 7) is 3.74. The molecule has 0 unspecified atom stereocenters. The Morgan fingerprint density at radius 3 is 2.80 bits per heavy atom. The lowest BCUT2D eigenvalue weighted by atomic mass is 10.1. The van der Waals surface area contributed by atoms with E-state index < -0.39 is 0 Å². The third kappa shape index (κ3) is 5.01. The Labute approximate surface area is 150 Å². The molecule has 25 heavy (non-hydrogen) atoms. The van der Waals surface area contributed by atoms with E-state index in [0.29, 0.717) is 26.2 Å². The third-order valence-electron chi connectivity index (χ3n) is 3.60. The fourth-order valence-corrected chi connectivity index (χ4v) is 3.11. The van der Waals surface area contributed by atoms with E-state index in [1.807, 2.05) is 49.4 Å². The van der Waals surface area contributed by atoms with Crippen molar-refractivity contribution in [1.29, 1.82) is 0 Å². The van der Waals surface area contributed by atoms with Crippen LogP contribution in [-0.2, 0) is 16.0 Å². The smallest absolute Gasteiger partial charge is 0.228 e. The molecule has 1 amide bonds. The van der Waals surface area contributed by atoms with E-state index in [1.54, 1.807) is 16.8 Å². The van der Waals surface area contributed by atoms with Crippen LogP contribution in [0.2, 0.25) is 0 Å². The maximum atomic E-state index is 12.2.